The van der Waals surface area contributed by atoms with Gasteiger partial charge in [-0.15, -0.1) is 0 Å². The third kappa shape index (κ3) is 4.70. The van der Waals surface area contributed by atoms with Crippen molar-refractivity contribution in [1.29, 1.82) is 0 Å². The predicted octanol–water partition coefficient (Wildman–Crippen LogP) is 4.49. The van der Waals surface area contributed by atoms with Crippen molar-refractivity contribution in [3.8, 4) is 0 Å². The van der Waals surface area contributed by atoms with E-state index in [-0.39, 0.29) is 11.8 Å². The molecule has 130 valence electrons. The molecule has 0 unspecified atom stereocenters. The number of nitrogens with one attached hydrogen (secondary N) is 2. The van der Waals surface area contributed by atoms with E-state index < -0.39 is 0 Å². The Bertz CT molecular complexity index is 926. The smallest absolute Gasteiger partial charge is 0.255 e. The van der Waals surface area contributed by atoms with Crippen molar-refractivity contribution >= 4 is 29.3 Å². The molecule has 5 nitrogen and oxygen atoms in total. The SMILES string of the molecule is Cc1cccc(C(=O)Nc2ccc(NC(=O)/C=C/c3ccco3)cc2)c1. The number of hydrogen-bond acceptors (Lipinski definition) is 3. The maximum absolute atomic E-state index is 12.2. The second-order valence-corrected chi connectivity index (χ2v) is 5.74. The van der Waals surface area contributed by atoms with Crippen molar-refractivity contribution in [3.05, 3.63) is 89.9 Å². The number of furan rings is 1. The third-order valence-corrected chi connectivity index (χ3v) is 3.63. The van der Waals surface area contributed by atoms with Crippen molar-refractivity contribution in [2.45, 2.75) is 6.92 Å². The Kier molecular flexibility index (Phi) is 5.29. The first kappa shape index (κ1) is 17.2. The second-order valence-electron chi connectivity index (χ2n) is 5.74. The predicted molar refractivity (Wildman–Crippen MR) is 102 cm³/mol. The summed E-state index contributed by atoms with van der Waals surface area (Å²) in [7, 11) is 0. The lowest BCUT2D eigenvalue weighted by Gasteiger charge is -2.07. The Morgan fingerprint density at radius 3 is 2.31 bits per heavy atom. The number of carbonyl (C=O) groups is 2. The molecule has 5 heteroatoms. The van der Waals surface area contributed by atoms with Crippen molar-refractivity contribution < 1.29 is 14.0 Å². The van der Waals surface area contributed by atoms with Gasteiger partial charge >= 0.3 is 0 Å². The molecule has 3 rings (SSSR count). The molecular formula is C21H18N2O3. The molecule has 0 saturated heterocycles. The summed E-state index contributed by atoms with van der Waals surface area (Å²) in [5, 5.41) is 5.58. The lowest BCUT2D eigenvalue weighted by atomic mass is 10.1. The summed E-state index contributed by atoms with van der Waals surface area (Å²) in [6.07, 6.45) is 4.53. The summed E-state index contributed by atoms with van der Waals surface area (Å²) < 4.78 is 5.12. The van der Waals surface area contributed by atoms with E-state index in [1.54, 1.807) is 54.8 Å². The van der Waals surface area contributed by atoms with Crippen LogP contribution in [0, 0.1) is 6.92 Å². The molecule has 1 aromatic heterocycles. The first-order valence-corrected chi connectivity index (χ1v) is 8.11. The lowest BCUT2D eigenvalue weighted by Crippen LogP contribution is -2.12. The molecule has 0 aliphatic carbocycles. The highest BCUT2D eigenvalue weighted by Crippen LogP contribution is 2.15. The number of benzene rings is 2. The van der Waals surface area contributed by atoms with Crippen LogP contribution in [0.25, 0.3) is 6.08 Å². The summed E-state index contributed by atoms with van der Waals surface area (Å²) in [6, 6.07) is 17.8. The van der Waals surface area contributed by atoms with E-state index in [1.807, 2.05) is 25.1 Å². The Hall–Kier alpha value is -3.60. The molecule has 0 aliphatic heterocycles. The van der Waals surface area contributed by atoms with Gasteiger partial charge in [0, 0.05) is 23.0 Å². The van der Waals surface area contributed by atoms with Gasteiger partial charge in [-0.2, -0.15) is 0 Å². The van der Waals surface area contributed by atoms with Gasteiger partial charge in [-0.1, -0.05) is 17.7 Å². The van der Waals surface area contributed by atoms with Crippen molar-refractivity contribution in [3.63, 3.8) is 0 Å². The van der Waals surface area contributed by atoms with E-state index >= 15 is 0 Å². The van der Waals surface area contributed by atoms with E-state index in [0.29, 0.717) is 22.7 Å². The van der Waals surface area contributed by atoms with E-state index in [2.05, 4.69) is 10.6 Å². The van der Waals surface area contributed by atoms with Gasteiger partial charge < -0.3 is 15.1 Å². The van der Waals surface area contributed by atoms with Gasteiger partial charge in [0.05, 0.1) is 6.26 Å². The van der Waals surface area contributed by atoms with Crippen LogP contribution >= 0.6 is 0 Å². The summed E-state index contributed by atoms with van der Waals surface area (Å²) in [5.74, 6) is 0.166. The van der Waals surface area contributed by atoms with Crippen LogP contribution in [-0.2, 0) is 4.79 Å². The fourth-order valence-electron chi connectivity index (χ4n) is 2.35. The zero-order valence-corrected chi connectivity index (χ0v) is 14.2. The Morgan fingerprint density at radius 2 is 1.65 bits per heavy atom. The molecule has 0 radical (unpaired) electrons. The Labute approximate surface area is 151 Å². The zero-order chi connectivity index (χ0) is 18.4. The number of aryl methyl sites for hydroxylation is 1. The summed E-state index contributed by atoms with van der Waals surface area (Å²) in [6.45, 7) is 1.94. The van der Waals surface area contributed by atoms with Crippen LogP contribution in [0.2, 0.25) is 0 Å². The van der Waals surface area contributed by atoms with Crippen molar-refractivity contribution in [1.82, 2.24) is 0 Å². The molecule has 0 spiro atoms. The molecular weight excluding hydrogens is 328 g/mol. The average Bonchev–Trinajstić information content (AvgIpc) is 3.15. The monoisotopic (exact) mass is 346 g/mol. The van der Waals surface area contributed by atoms with Gasteiger partial charge in [0.25, 0.3) is 5.91 Å². The summed E-state index contributed by atoms with van der Waals surface area (Å²) in [5.41, 5.74) is 2.91. The molecule has 26 heavy (non-hydrogen) atoms. The highest BCUT2D eigenvalue weighted by molar-refractivity contribution is 6.05. The number of hydrogen-bond donors (Lipinski definition) is 2. The highest BCUT2D eigenvalue weighted by atomic mass is 16.3. The third-order valence-electron chi connectivity index (χ3n) is 3.63. The minimum atomic E-state index is -0.266. The van der Waals surface area contributed by atoms with Crippen LogP contribution in [0.15, 0.2) is 77.4 Å². The Balaban J connectivity index is 1.58. The lowest BCUT2D eigenvalue weighted by molar-refractivity contribution is -0.111. The molecule has 0 fully saturated rings. The van der Waals surface area contributed by atoms with E-state index in [1.165, 1.54) is 6.08 Å². The molecule has 2 aromatic carbocycles. The van der Waals surface area contributed by atoms with Crippen LogP contribution in [-0.4, -0.2) is 11.8 Å². The van der Waals surface area contributed by atoms with Gasteiger partial charge in [0.15, 0.2) is 0 Å². The summed E-state index contributed by atoms with van der Waals surface area (Å²) >= 11 is 0. The second kappa shape index (κ2) is 7.98. The first-order valence-electron chi connectivity index (χ1n) is 8.11. The van der Waals surface area contributed by atoms with E-state index in [4.69, 9.17) is 4.42 Å². The fraction of sp³-hybridized carbons (Fsp3) is 0.0476. The fourth-order valence-corrected chi connectivity index (χ4v) is 2.35. The van der Waals surface area contributed by atoms with E-state index in [0.717, 1.165) is 5.56 Å². The first-order chi connectivity index (χ1) is 12.6. The van der Waals surface area contributed by atoms with Gasteiger partial charge in [-0.05, 0) is 61.5 Å². The number of rotatable bonds is 5. The minimum Gasteiger partial charge on any atom is -0.465 e. The minimum absolute atomic E-state index is 0.174. The molecule has 2 amide bonds. The van der Waals surface area contributed by atoms with Crippen molar-refractivity contribution in [2.75, 3.05) is 10.6 Å². The maximum Gasteiger partial charge on any atom is 0.255 e. The highest BCUT2D eigenvalue weighted by Gasteiger charge is 2.06. The molecule has 0 saturated carbocycles. The van der Waals surface area contributed by atoms with Crippen LogP contribution in [0.5, 0.6) is 0 Å². The van der Waals surface area contributed by atoms with Crippen LogP contribution in [0.1, 0.15) is 21.7 Å². The zero-order valence-electron chi connectivity index (χ0n) is 14.2. The molecule has 1 heterocycles. The summed E-state index contributed by atoms with van der Waals surface area (Å²) in [4.78, 5) is 24.1. The standard InChI is InChI=1S/C21H18N2O3/c1-15-4-2-5-16(14-15)21(25)23-18-9-7-17(8-10-18)22-20(24)12-11-19-6-3-13-26-19/h2-14H,1H3,(H,22,24)(H,23,25)/b12-11+. The van der Waals surface area contributed by atoms with Crippen LogP contribution < -0.4 is 10.6 Å². The quantitative estimate of drug-likeness (QED) is 0.669. The molecule has 0 aliphatic rings. The van der Waals surface area contributed by atoms with Gasteiger partial charge in [0.2, 0.25) is 5.91 Å². The molecule has 3 aromatic rings. The molecule has 2 N–H and O–H groups in total. The number of anilines is 2. The van der Waals surface area contributed by atoms with Gasteiger partial charge in [-0.3, -0.25) is 9.59 Å². The number of amides is 2. The van der Waals surface area contributed by atoms with Crippen molar-refractivity contribution in [2.24, 2.45) is 0 Å². The van der Waals surface area contributed by atoms with Gasteiger partial charge in [-0.25, -0.2) is 0 Å². The Morgan fingerprint density at radius 1 is 0.923 bits per heavy atom. The normalized spacial score (nSPS) is 10.7. The number of carbonyl (C=O) groups excluding carboxylic acids is 2. The topological polar surface area (TPSA) is 71.3 Å². The van der Waals surface area contributed by atoms with Gasteiger partial charge in [0.1, 0.15) is 5.76 Å². The molecule has 0 atom stereocenters. The molecule has 0 bridgehead atoms. The van der Waals surface area contributed by atoms with Crippen LogP contribution in [0.4, 0.5) is 11.4 Å². The maximum atomic E-state index is 12.2. The van der Waals surface area contributed by atoms with Crippen LogP contribution in [0.3, 0.4) is 0 Å². The van der Waals surface area contributed by atoms with E-state index in [9.17, 15) is 9.59 Å². The average molecular weight is 346 g/mol. The largest absolute Gasteiger partial charge is 0.465 e.